The van der Waals surface area contributed by atoms with Crippen LogP contribution in [0.15, 0.2) is 30.3 Å². The zero-order valence-corrected chi connectivity index (χ0v) is 12.9. The van der Waals surface area contributed by atoms with Gasteiger partial charge in [-0.05, 0) is 17.1 Å². The highest BCUT2D eigenvalue weighted by molar-refractivity contribution is 7.36. The van der Waals surface area contributed by atoms with Gasteiger partial charge in [0.05, 0.1) is 6.54 Å². The fraction of sp³-hybridized carbons (Fsp3) is 0.385. The SMILES string of the molecule is CCNC(=O)CNC(=O)OCc1ccccc1.C[P+](=O)O. The van der Waals surface area contributed by atoms with Gasteiger partial charge in [0.2, 0.25) is 5.91 Å². The summed E-state index contributed by atoms with van der Waals surface area (Å²) in [5.41, 5.74) is 0.903. The Morgan fingerprint density at radius 2 is 1.81 bits per heavy atom. The van der Waals surface area contributed by atoms with Gasteiger partial charge in [-0.1, -0.05) is 30.3 Å². The molecule has 116 valence electrons. The van der Waals surface area contributed by atoms with Crippen LogP contribution in [-0.2, 0) is 20.7 Å². The number of rotatable bonds is 5. The minimum absolute atomic E-state index is 0.0680. The zero-order chi connectivity index (χ0) is 16.1. The molecule has 0 spiro atoms. The van der Waals surface area contributed by atoms with Crippen molar-refractivity contribution in [1.82, 2.24) is 10.6 Å². The number of hydrogen-bond acceptors (Lipinski definition) is 4. The Morgan fingerprint density at radius 3 is 2.33 bits per heavy atom. The van der Waals surface area contributed by atoms with E-state index in [0.29, 0.717) is 6.54 Å². The predicted molar refractivity (Wildman–Crippen MR) is 79.1 cm³/mol. The van der Waals surface area contributed by atoms with Crippen molar-refractivity contribution in [2.24, 2.45) is 0 Å². The van der Waals surface area contributed by atoms with E-state index in [0.717, 1.165) is 5.56 Å². The third-order valence-corrected chi connectivity index (χ3v) is 1.98. The number of carbonyl (C=O) groups is 2. The summed E-state index contributed by atoms with van der Waals surface area (Å²) < 4.78 is 14.1. The Labute approximate surface area is 124 Å². The van der Waals surface area contributed by atoms with E-state index >= 15 is 0 Å². The largest absolute Gasteiger partial charge is 0.502 e. The summed E-state index contributed by atoms with van der Waals surface area (Å²) in [6, 6.07) is 9.34. The molecule has 1 atom stereocenters. The zero-order valence-electron chi connectivity index (χ0n) is 12.0. The van der Waals surface area contributed by atoms with E-state index in [1.165, 1.54) is 6.66 Å². The highest BCUT2D eigenvalue weighted by Crippen LogP contribution is 2.00. The molecule has 2 amide bonds. The Bertz CT molecular complexity index is 449. The van der Waals surface area contributed by atoms with Gasteiger partial charge in [-0.3, -0.25) is 4.79 Å². The van der Waals surface area contributed by atoms with Crippen molar-refractivity contribution < 1.29 is 23.8 Å². The Morgan fingerprint density at radius 1 is 1.24 bits per heavy atom. The molecule has 1 unspecified atom stereocenters. The second-order valence-electron chi connectivity index (χ2n) is 3.83. The smallest absolute Gasteiger partial charge is 0.445 e. The first-order valence-corrected chi connectivity index (χ1v) is 7.92. The van der Waals surface area contributed by atoms with E-state index in [1.807, 2.05) is 37.3 Å². The third-order valence-electron chi connectivity index (χ3n) is 1.98. The molecule has 0 saturated heterocycles. The molecule has 7 nitrogen and oxygen atoms in total. The minimum Gasteiger partial charge on any atom is -0.445 e. The van der Waals surface area contributed by atoms with Crippen molar-refractivity contribution in [3.05, 3.63) is 35.9 Å². The molecule has 0 bridgehead atoms. The highest BCUT2D eigenvalue weighted by atomic mass is 31.1. The van der Waals surface area contributed by atoms with Crippen LogP contribution in [0.25, 0.3) is 0 Å². The van der Waals surface area contributed by atoms with Gasteiger partial charge in [-0.2, -0.15) is 4.89 Å². The van der Waals surface area contributed by atoms with Crippen LogP contribution in [0, 0.1) is 0 Å². The molecule has 1 aromatic carbocycles. The van der Waals surface area contributed by atoms with E-state index in [9.17, 15) is 9.59 Å². The molecule has 1 aromatic rings. The second-order valence-corrected chi connectivity index (χ2v) is 4.76. The lowest BCUT2D eigenvalue weighted by atomic mass is 10.2. The molecule has 0 aliphatic heterocycles. The van der Waals surface area contributed by atoms with Crippen molar-refractivity contribution in [2.75, 3.05) is 19.8 Å². The number of nitrogens with one attached hydrogen (secondary N) is 2. The number of amides is 2. The molecule has 0 aliphatic rings. The molecule has 0 aliphatic carbocycles. The number of benzene rings is 1. The molecule has 0 saturated carbocycles. The lowest BCUT2D eigenvalue weighted by Gasteiger charge is -2.06. The first-order chi connectivity index (χ1) is 9.95. The van der Waals surface area contributed by atoms with Gasteiger partial charge in [-0.15, -0.1) is 0 Å². The van der Waals surface area contributed by atoms with Crippen LogP contribution in [0.2, 0.25) is 0 Å². The Hall–Kier alpha value is -1.98. The Balaban J connectivity index is 0.000000885. The summed E-state index contributed by atoms with van der Waals surface area (Å²) in [6.45, 7) is 3.71. The molecule has 21 heavy (non-hydrogen) atoms. The summed E-state index contributed by atoms with van der Waals surface area (Å²) >= 11 is 0. The van der Waals surface area contributed by atoms with Crippen LogP contribution in [-0.4, -0.2) is 36.6 Å². The number of alkyl carbamates (subject to hydrolysis) is 1. The van der Waals surface area contributed by atoms with Gasteiger partial charge in [0.1, 0.15) is 6.61 Å². The van der Waals surface area contributed by atoms with E-state index in [4.69, 9.17) is 14.2 Å². The lowest BCUT2D eigenvalue weighted by molar-refractivity contribution is -0.120. The molecule has 0 fully saturated rings. The standard InChI is InChI=1S/C12H16N2O3.CH3O2P/c1-2-13-11(15)8-14-12(16)17-9-10-6-4-3-5-7-10;1-4(2)3/h3-7H,2,8-9H2,1H3,(H,13,15)(H,14,16);1H3/p+1. The van der Waals surface area contributed by atoms with Crippen molar-refractivity contribution in [1.29, 1.82) is 0 Å². The van der Waals surface area contributed by atoms with Crippen LogP contribution in [0.5, 0.6) is 0 Å². The topological polar surface area (TPSA) is 105 Å². The third kappa shape index (κ3) is 12.8. The Kier molecular flexibility index (Phi) is 10.7. The number of likely N-dealkylation sites (N-methyl/N-ethyl adjacent to an activating group) is 1. The fourth-order valence-electron chi connectivity index (χ4n) is 1.19. The molecule has 0 aromatic heterocycles. The second kappa shape index (κ2) is 11.8. The van der Waals surface area contributed by atoms with Gasteiger partial charge in [0, 0.05) is 6.54 Å². The van der Waals surface area contributed by atoms with Gasteiger partial charge in [-0.25, -0.2) is 4.79 Å². The van der Waals surface area contributed by atoms with Crippen LogP contribution >= 0.6 is 8.03 Å². The number of hydrogen-bond donors (Lipinski definition) is 3. The van der Waals surface area contributed by atoms with E-state index < -0.39 is 14.1 Å². The first-order valence-electron chi connectivity index (χ1n) is 6.26. The minimum atomic E-state index is -1.87. The highest BCUT2D eigenvalue weighted by Gasteiger charge is 2.05. The maximum absolute atomic E-state index is 11.2. The van der Waals surface area contributed by atoms with Crippen LogP contribution < -0.4 is 10.6 Å². The number of ether oxygens (including phenoxy) is 1. The predicted octanol–water partition coefficient (Wildman–Crippen LogP) is 1.40. The van der Waals surface area contributed by atoms with Crippen LogP contribution in [0.4, 0.5) is 4.79 Å². The van der Waals surface area contributed by atoms with Crippen LogP contribution in [0.1, 0.15) is 12.5 Å². The summed E-state index contributed by atoms with van der Waals surface area (Å²) in [5, 5.41) is 4.93. The van der Waals surface area contributed by atoms with Crippen molar-refractivity contribution in [2.45, 2.75) is 13.5 Å². The first kappa shape index (κ1) is 19.0. The summed E-state index contributed by atoms with van der Waals surface area (Å²) in [6.07, 6.45) is -0.597. The van der Waals surface area contributed by atoms with Gasteiger partial charge in [0.25, 0.3) is 0 Å². The summed E-state index contributed by atoms with van der Waals surface area (Å²) in [7, 11) is -1.87. The molecule has 0 radical (unpaired) electrons. The average molecular weight is 315 g/mol. The summed E-state index contributed by atoms with van der Waals surface area (Å²) in [5.74, 6) is -0.232. The maximum atomic E-state index is 11.2. The van der Waals surface area contributed by atoms with Crippen LogP contribution in [0.3, 0.4) is 0 Å². The molecule has 0 heterocycles. The maximum Gasteiger partial charge on any atom is 0.502 e. The van der Waals surface area contributed by atoms with Crippen molar-refractivity contribution >= 4 is 20.0 Å². The number of carbonyl (C=O) groups excluding carboxylic acids is 2. The van der Waals surface area contributed by atoms with E-state index in [2.05, 4.69) is 10.6 Å². The van der Waals surface area contributed by atoms with Gasteiger partial charge < -0.3 is 15.4 Å². The molecular weight excluding hydrogens is 295 g/mol. The molecule has 3 N–H and O–H groups in total. The normalized spacial score (nSPS) is 9.76. The van der Waals surface area contributed by atoms with Gasteiger partial charge >= 0.3 is 14.1 Å². The van der Waals surface area contributed by atoms with Crippen molar-refractivity contribution in [3.8, 4) is 0 Å². The average Bonchev–Trinajstić information content (AvgIpc) is 2.44. The van der Waals surface area contributed by atoms with Gasteiger partial charge in [0.15, 0.2) is 6.66 Å². The summed E-state index contributed by atoms with van der Waals surface area (Å²) in [4.78, 5) is 29.8. The molecule has 8 heteroatoms. The quantitative estimate of drug-likeness (QED) is 0.712. The fourth-order valence-corrected chi connectivity index (χ4v) is 1.19. The lowest BCUT2D eigenvalue weighted by Crippen LogP contribution is -2.36. The molecule has 1 rings (SSSR count). The van der Waals surface area contributed by atoms with Crippen molar-refractivity contribution in [3.63, 3.8) is 0 Å². The molecular formula is C13H20N2O5P+. The monoisotopic (exact) mass is 315 g/mol. The van der Waals surface area contributed by atoms with E-state index in [-0.39, 0.29) is 19.1 Å². The van der Waals surface area contributed by atoms with E-state index in [1.54, 1.807) is 0 Å².